The number of carboxylic acids is 1. The predicted molar refractivity (Wildman–Crippen MR) is 53.4 cm³/mol. The van der Waals surface area contributed by atoms with Gasteiger partial charge in [-0.2, -0.15) is 0 Å². The fourth-order valence-electron chi connectivity index (χ4n) is 2.53. The van der Waals surface area contributed by atoms with E-state index in [1.165, 1.54) is 0 Å². The molecule has 2 fully saturated rings. The van der Waals surface area contributed by atoms with Crippen LogP contribution in [0.3, 0.4) is 0 Å². The van der Waals surface area contributed by atoms with Crippen LogP contribution in [-0.4, -0.2) is 29.6 Å². The van der Waals surface area contributed by atoms with Gasteiger partial charge in [-0.25, -0.2) is 0 Å². The van der Waals surface area contributed by atoms with Crippen molar-refractivity contribution in [3.8, 4) is 0 Å². The van der Waals surface area contributed by atoms with E-state index >= 15 is 0 Å². The summed E-state index contributed by atoms with van der Waals surface area (Å²) < 4.78 is 11.3. The van der Waals surface area contributed by atoms with Crippen molar-refractivity contribution in [2.45, 2.75) is 51.4 Å². The van der Waals surface area contributed by atoms with Crippen LogP contribution in [0.5, 0.6) is 0 Å². The van der Waals surface area contributed by atoms with Gasteiger partial charge < -0.3 is 14.6 Å². The Kier molecular flexibility index (Phi) is 2.51. The first-order chi connectivity index (χ1) is 6.94. The summed E-state index contributed by atoms with van der Waals surface area (Å²) in [6.45, 7) is 4.28. The summed E-state index contributed by atoms with van der Waals surface area (Å²) in [6, 6.07) is 0. The molecule has 1 saturated carbocycles. The van der Waals surface area contributed by atoms with Crippen LogP contribution < -0.4 is 0 Å². The molecule has 1 saturated heterocycles. The lowest BCUT2D eigenvalue weighted by Gasteiger charge is -2.44. The summed E-state index contributed by atoms with van der Waals surface area (Å²) in [4.78, 5) is 10.8. The molecule has 4 heteroatoms. The van der Waals surface area contributed by atoms with Gasteiger partial charge in [0.15, 0.2) is 5.79 Å². The van der Waals surface area contributed by atoms with E-state index in [9.17, 15) is 4.79 Å². The lowest BCUT2D eigenvalue weighted by molar-refractivity contribution is -0.171. The summed E-state index contributed by atoms with van der Waals surface area (Å²) in [6.07, 6.45) is 3.16. The van der Waals surface area contributed by atoms with Gasteiger partial charge in [0, 0.05) is 5.41 Å². The van der Waals surface area contributed by atoms with E-state index < -0.39 is 11.8 Å². The average molecular weight is 214 g/mol. The highest BCUT2D eigenvalue weighted by Crippen LogP contribution is 2.50. The Labute approximate surface area is 89.6 Å². The maximum Gasteiger partial charge on any atom is 0.304 e. The van der Waals surface area contributed by atoms with Gasteiger partial charge >= 0.3 is 5.97 Å². The third kappa shape index (κ3) is 2.01. The fourth-order valence-corrected chi connectivity index (χ4v) is 2.53. The third-order valence-electron chi connectivity index (χ3n) is 3.54. The van der Waals surface area contributed by atoms with Crippen molar-refractivity contribution >= 4 is 5.97 Å². The number of hydrogen-bond donors (Lipinski definition) is 1. The van der Waals surface area contributed by atoms with Gasteiger partial charge in [-0.05, 0) is 26.7 Å². The monoisotopic (exact) mass is 214 g/mol. The number of ether oxygens (including phenoxy) is 2. The molecule has 2 rings (SSSR count). The SMILES string of the molecule is CC1(C)OCC(C2(CC(=O)O)CCC2)O1. The molecule has 86 valence electrons. The van der Waals surface area contributed by atoms with Crippen molar-refractivity contribution in [3.63, 3.8) is 0 Å². The van der Waals surface area contributed by atoms with Gasteiger partial charge in [-0.15, -0.1) is 0 Å². The number of carbonyl (C=O) groups is 1. The molecule has 4 nitrogen and oxygen atoms in total. The second-order valence-electron chi connectivity index (χ2n) is 5.10. The molecular formula is C11H18O4. The van der Waals surface area contributed by atoms with Gasteiger partial charge in [-0.1, -0.05) is 6.42 Å². The normalized spacial score (nSPS) is 32.3. The zero-order valence-corrected chi connectivity index (χ0v) is 9.28. The van der Waals surface area contributed by atoms with Crippen LogP contribution in [0.15, 0.2) is 0 Å². The second-order valence-corrected chi connectivity index (χ2v) is 5.10. The van der Waals surface area contributed by atoms with Crippen molar-refractivity contribution in [2.24, 2.45) is 5.41 Å². The summed E-state index contributed by atoms with van der Waals surface area (Å²) in [5.74, 6) is -1.28. The Morgan fingerprint density at radius 3 is 2.47 bits per heavy atom. The molecule has 1 N–H and O–H groups in total. The summed E-state index contributed by atoms with van der Waals surface area (Å²) in [7, 11) is 0. The first-order valence-electron chi connectivity index (χ1n) is 5.47. The molecule has 1 heterocycles. The largest absolute Gasteiger partial charge is 0.481 e. The van der Waals surface area contributed by atoms with E-state index in [4.69, 9.17) is 14.6 Å². The van der Waals surface area contributed by atoms with E-state index in [-0.39, 0.29) is 17.9 Å². The number of carboxylic acid groups (broad SMARTS) is 1. The maximum atomic E-state index is 10.8. The Balaban J connectivity index is 2.04. The lowest BCUT2D eigenvalue weighted by Crippen LogP contribution is -2.45. The van der Waals surface area contributed by atoms with E-state index in [2.05, 4.69) is 0 Å². The van der Waals surface area contributed by atoms with Crippen molar-refractivity contribution in [3.05, 3.63) is 0 Å². The van der Waals surface area contributed by atoms with Crippen LogP contribution >= 0.6 is 0 Å². The van der Waals surface area contributed by atoms with E-state index in [0.717, 1.165) is 19.3 Å². The molecule has 1 aliphatic heterocycles. The molecular weight excluding hydrogens is 196 g/mol. The molecule has 0 amide bonds. The second kappa shape index (κ2) is 3.46. The highest BCUT2D eigenvalue weighted by atomic mass is 16.7. The Hall–Kier alpha value is -0.610. The zero-order chi connectivity index (χ0) is 11.1. The van der Waals surface area contributed by atoms with Crippen molar-refractivity contribution in [2.75, 3.05) is 6.61 Å². The summed E-state index contributed by atoms with van der Waals surface area (Å²) in [5, 5.41) is 8.91. The van der Waals surface area contributed by atoms with Gasteiger partial charge in [0.2, 0.25) is 0 Å². The molecule has 0 aromatic heterocycles. The molecule has 0 aromatic carbocycles. The van der Waals surface area contributed by atoms with Crippen LogP contribution in [-0.2, 0) is 14.3 Å². The standard InChI is InChI=1S/C11H18O4/c1-10(2)14-7-8(15-10)11(4-3-5-11)6-9(12)13/h8H,3-7H2,1-2H3,(H,12,13). The molecule has 15 heavy (non-hydrogen) atoms. The smallest absolute Gasteiger partial charge is 0.304 e. The maximum absolute atomic E-state index is 10.8. The van der Waals surface area contributed by atoms with Crippen LogP contribution in [0.25, 0.3) is 0 Å². The Bertz CT molecular complexity index is 268. The van der Waals surface area contributed by atoms with Crippen molar-refractivity contribution < 1.29 is 19.4 Å². The van der Waals surface area contributed by atoms with Crippen LogP contribution in [0.4, 0.5) is 0 Å². The van der Waals surface area contributed by atoms with Crippen LogP contribution in [0.1, 0.15) is 39.5 Å². The average Bonchev–Trinajstić information content (AvgIpc) is 2.38. The van der Waals surface area contributed by atoms with Crippen LogP contribution in [0.2, 0.25) is 0 Å². The summed E-state index contributed by atoms with van der Waals surface area (Å²) in [5.41, 5.74) is -0.167. The van der Waals surface area contributed by atoms with Gasteiger partial charge in [-0.3, -0.25) is 4.79 Å². The molecule has 2 aliphatic rings. The molecule has 1 aliphatic carbocycles. The number of rotatable bonds is 3. The number of aliphatic carboxylic acids is 1. The zero-order valence-electron chi connectivity index (χ0n) is 9.28. The minimum atomic E-state index is -0.733. The first-order valence-corrected chi connectivity index (χ1v) is 5.47. The lowest BCUT2D eigenvalue weighted by atomic mass is 9.63. The Morgan fingerprint density at radius 1 is 1.47 bits per heavy atom. The van der Waals surface area contributed by atoms with Gasteiger partial charge in [0.1, 0.15) is 0 Å². The molecule has 0 spiro atoms. The van der Waals surface area contributed by atoms with Crippen molar-refractivity contribution in [1.82, 2.24) is 0 Å². The first kappa shape index (κ1) is 10.9. The topological polar surface area (TPSA) is 55.8 Å². The Morgan fingerprint density at radius 2 is 2.13 bits per heavy atom. The number of hydrogen-bond acceptors (Lipinski definition) is 3. The van der Waals surface area contributed by atoms with Gasteiger partial charge in [0.25, 0.3) is 0 Å². The van der Waals surface area contributed by atoms with Crippen LogP contribution in [0, 0.1) is 5.41 Å². The van der Waals surface area contributed by atoms with E-state index in [0.29, 0.717) is 6.61 Å². The molecule has 1 atom stereocenters. The third-order valence-corrected chi connectivity index (χ3v) is 3.54. The quantitative estimate of drug-likeness (QED) is 0.778. The molecule has 0 aromatic rings. The minimum absolute atomic E-state index is 0.0441. The predicted octanol–water partition coefficient (Wildman–Crippen LogP) is 1.78. The van der Waals surface area contributed by atoms with E-state index in [1.807, 2.05) is 13.8 Å². The fraction of sp³-hybridized carbons (Fsp3) is 0.909. The molecule has 0 radical (unpaired) electrons. The van der Waals surface area contributed by atoms with Crippen molar-refractivity contribution in [1.29, 1.82) is 0 Å². The molecule has 1 unspecified atom stereocenters. The minimum Gasteiger partial charge on any atom is -0.481 e. The van der Waals surface area contributed by atoms with E-state index in [1.54, 1.807) is 0 Å². The highest BCUT2D eigenvalue weighted by molar-refractivity contribution is 5.68. The van der Waals surface area contributed by atoms with Gasteiger partial charge in [0.05, 0.1) is 19.1 Å². The summed E-state index contributed by atoms with van der Waals surface area (Å²) >= 11 is 0. The highest BCUT2D eigenvalue weighted by Gasteiger charge is 2.51. The molecule has 0 bridgehead atoms.